The molecule has 1 aromatic rings. The number of amides is 1. The Morgan fingerprint density at radius 3 is 2.67 bits per heavy atom. The molecule has 1 spiro atoms. The zero-order valence-corrected chi connectivity index (χ0v) is 19.2. The van der Waals surface area contributed by atoms with E-state index in [-0.39, 0.29) is 0 Å². The Bertz CT molecular complexity index is 744. The Labute approximate surface area is 182 Å². The normalized spacial score (nSPS) is 26.6. The van der Waals surface area contributed by atoms with Crippen LogP contribution in [0.3, 0.4) is 0 Å². The molecule has 0 aliphatic carbocycles. The maximum atomic E-state index is 12.4. The maximum absolute atomic E-state index is 12.4. The molecule has 0 N–H and O–H groups in total. The first-order valence-corrected chi connectivity index (χ1v) is 11.8. The first kappa shape index (κ1) is 21.6. The molecule has 3 fully saturated rings. The van der Waals surface area contributed by atoms with Crippen molar-refractivity contribution in [3.8, 4) is 0 Å². The Balaban J connectivity index is 1.36. The van der Waals surface area contributed by atoms with Crippen LogP contribution >= 0.6 is 0 Å². The summed E-state index contributed by atoms with van der Waals surface area (Å²) in [6, 6.07) is 7.38. The van der Waals surface area contributed by atoms with Crippen molar-refractivity contribution in [1.82, 2.24) is 9.80 Å². The lowest BCUT2D eigenvalue weighted by atomic mass is 9.73. The van der Waals surface area contributed by atoms with Gasteiger partial charge in [0, 0.05) is 63.4 Å². The number of rotatable bonds is 5. The van der Waals surface area contributed by atoms with E-state index in [1.165, 1.54) is 49.0 Å². The van der Waals surface area contributed by atoms with Crippen LogP contribution in [0.4, 0.5) is 5.69 Å². The minimum atomic E-state index is 0.296. The summed E-state index contributed by atoms with van der Waals surface area (Å²) in [5, 5.41) is 0. The molecule has 0 radical (unpaired) electrons. The van der Waals surface area contributed by atoms with E-state index in [1.807, 2.05) is 0 Å². The van der Waals surface area contributed by atoms with Gasteiger partial charge in [0.15, 0.2) is 0 Å². The van der Waals surface area contributed by atoms with Crippen molar-refractivity contribution in [3.05, 3.63) is 29.3 Å². The third-order valence-corrected chi connectivity index (χ3v) is 7.90. The van der Waals surface area contributed by atoms with Gasteiger partial charge in [-0.3, -0.25) is 9.69 Å². The van der Waals surface area contributed by atoms with E-state index in [0.717, 1.165) is 39.1 Å². The molecule has 0 aromatic heterocycles. The van der Waals surface area contributed by atoms with Crippen LogP contribution in [0.15, 0.2) is 18.2 Å². The molecule has 4 rings (SSSR count). The van der Waals surface area contributed by atoms with E-state index in [1.54, 1.807) is 7.11 Å². The number of methoxy groups -OCH3 is 1. The molecule has 166 valence electrons. The van der Waals surface area contributed by atoms with Crippen LogP contribution in [0.5, 0.6) is 0 Å². The monoisotopic (exact) mass is 413 g/mol. The van der Waals surface area contributed by atoms with Gasteiger partial charge < -0.3 is 14.5 Å². The maximum Gasteiger partial charge on any atom is 0.222 e. The summed E-state index contributed by atoms with van der Waals surface area (Å²) in [4.78, 5) is 19.8. The molecule has 30 heavy (non-hydrogen) atoms. The van der Waals surface area contributed by atoms with Gasteiger partial charge in [0.25, 0.3) is 0 Å². The molecule has 3 heterocycles. The number of likely N-dealkylation sites (tertiary alicyclic amines) is 2. The van der Waals surface area contributed by atoms with Crippen molar-refractivity contribution in [2.45, 2.75) is 58.4 Å². The van der Waals surface area contributed by atoms with Gasteiger partial charge >= 0.3 is 0 Å². The summed E-state index contributed by atoms with van der Waals surface area (Å²) in [6.07, 6.45) is 6.80. The van der Waals surface area contributed by atoms with Crippen molar-refractivity contribution < 1.29 is 9.53 Å². The van der Waals surface area contributed by atoms with E-state index >= 15 is 0 Å². The minimum absolute atomic E-state index is 0.296. The second-order valence-electron chi connectivity index (χ2n) is 9.82. The van der Waals surface area contributed by atoms with Crippen molar-refractivity contribution in [1.29, 1.82) is 0 Å². The number of ether oxygens (including phenoxy) is 1. The molecule has 1 atom stereocenters. The first-order valence-electron chi connectivity index (χ1n) is 11.8. The smallest absolute Gasteiger partial charge is 0.222 e. The molecule has 3 aliphatic rings. The van der Waals surface area contributed by atoms with Crippen LogP contribution in [0.2, 0.25) is 0 Å². The number of aryl methyl sites for hydroxylation is 1. The second-order valence-corrected chi connectivity index (χ2v) is 9.82. The van der Waals surface area contributed by atoms with E-state index < -0.39 is 0 Å². The van der Waals surface area contributed by atoms with E-state index in [4.69, 9.17) is 4.74 Å². The summed E-state index contributed by atoms with van der Waals surface area (Å²) in [5.74, 6) is 0.316. The quantitative estimate of drug-likeness (QED) is 0.739. The van der Waals surface area contributed by atoms with Gasteiger partial charge in [-0.25, -0.2) is 0 Å². The van der Waals surface area contributed by atoms with Gasteiger partial charge in [0.05, 0.1) is 6.61 Å². The average Bonchev–Trinajstić information content (AvgIpc) is 2.77. The molecule has 3 saturated heterocycles. The number of carbonyl (C=O) groups is 1. The Kier molecular flexibility index (Phi) is 6.69. The number of piperidine rings is 3. The lowest BCUT2D eigenvalue weighted by Crippen LogP contribution is -2.57. The van der Waals surface area contributed by atoms with Gasteiger partial charge in [-0.1, -0.05) is 12.1 Å². The highest BCUT2D eigenvalue weighted by molar-refractivity contribution is 5.77. The molecule has 1 unspecified atom stereocenters. The van der Waals surface area contributed by atoms with Gasteiger partial charge in [-0.2, -0.15) is 0 Å². The molecule has 5 nitrogen and oxygen atoms in total. The average molecular weight is 414 g/mol. The van der Waals surface area contributed by atoms with Crippen LogP contribution in [0.25, 0.3) is 0 Å². The lowest BCUT2D eigenvalue weighted by molar-refractivity contribution is -0.140. The fourth-order valence-electron chi connectivity index (χ4n) is 5.95. The summed E-state index contributed by atoms with van der Waals surface area (Å²) >= 11 is 0. The van der Waals surface area contributed by atoms with E-state index in [9.17, 15) is 4.79 Å². The van der Waals surface area contributed by atoms with Crippen LogP contribution in [0.1, 0.15) is 49.7 Å². The molecule has 3 aliphatic heterocycles. The van der Waals surface area contributed by atoms with Crippen LogP contribution in [-0.2, 0) is 9.53 Å². The highest BCUT2D eigenvalue weighted by Gasteiger charge is 2.43. The summed E-state index contributed by atoms with van der Waals surface area (Å²) < 4.78 is 5.24. The van der Waals surface area contributed by atoms with Crippen molar-refractivity contribution in [2.24, 2.45) is 5.41 Å². The summed E-state index contributed by atoms with van der Waals surface area (Å²) in [6.45, 7) is 11.5. The standard InChI is InChI=1S/C25H39N3O2/c1-20-6-4-7-23(21(20)2)26-14-9-22(10-15-26)27-13-5-11-25(18-27)12-8-24(29)28(19-25)16-17-30-3/h4,6-7,22H,5,8-19H2,1-3H3. The Morgan fingerprint density at radius 1 is 1.10 bits per heavy atom. The zero-order valence-electron chi connectivity index (χ0n) is 19.2. The molecule has 0 saturated carbocycles. The largest absolute Gasteiger partial charge is 0.383 e. The van der Waals surface area contributed by atoms with Gasteiger partial charge in [0.2, 0.25) is 5.91 Å². The number of nitrogens with zero attached hydrogens (tertiary/aromatic N) is 3. The number of hydrogen-bond donors (Lipinski definition) is 0. The topological polar surface area (TPSA) is 36.0 Å². The van der Waals surface area contributed by atoms with E-state index in [0.29, 0.717) is 30.4 Å². The predicted molar refractivity (Wildman–Crippen MR) is 122 cm³/mol. The number of hydrogen-bond acceptors (Lipinski definition) is 4. The number of anilines is 1. The fraction of sp³-hybridized carbons (Fsp3) is 0.720. The third-order valence-electron chi connectivity index (χ3n) is 7.90. The van der Waals surface area contributed by atoms with Gasteiger partial charge in [-0.05, 0) is 69.7 Å². The number of carbonyl (C=O) groups excluding carboxylic acids is 1. The van der Waals surface area contributed by atoms with Crippen LogP contribution in [0, 0.1) is 19.3 Å². The minimum Gasteiger partial charge on any atom is -0.383 e. The fourth-order valence-corrected chi connectivity index (χ4v) is 5.95. The Hall–Kier alpha value is -1.59. The molecule has 0 bridgehead atoms. The van der Waals surface area contributed by atoms with Crippen molar-refractivity contribution in [3.63, 3.8) is 0 Å². The lowest BCUT2D eigenvalue weighted by Gasteiger charge is -2.51. The molecule has 5 heteroatoms. The zero-order chi connectivity index (χ0) is 21.1. The SMILES string of the molecule is COCCN1CC2(CCCN(C3CCN(c4cccc(C)c4C)CC3)C2)CCC1=O. The highest BCUT2D eigenvalue weighted by atomic mass is 16.5. The van der Waals surface area contributed by atoms with Gasteiger partial charge in [0.1, 0.15) is 0 Å². The molecular weight excluding hydrogens is 374 g/mol. The van der Waals surface area contributed by atoms with Crippen molar-refractivity contribution in [2.75, 3.05) is 57.9 Å². The van der Waals surface area contributed by atoms with Crippen LogP contribution < -0.4 is 4.90 Å². The third kappa shape index (κ3) is 4.52. The van der Waals surface area contributed by atoms with Crippen molar-refractivity contribution >= 4 is 11.6 Å². The summed E-state index contributed by atoms with van der Waals surface area (Å²) in [5.41, 5.74) is 4.53. The highest BCUT2D eigenvalue weighted by Crippen LogP contribution is 2.40. The molecular formula is C25H39N3O2. The molecule has 1 aromatic carbocycles. The van der Waals surface area contributed by atoms with E-state index in [2.05, 4.69) is 46.7 Å². The van der Waals surface area contributed by atoms with Crippen LogP contribution in [-0.4, -0.2) is 74.7 Å². The Morgan fingerprint density at radius 2 is 1.90 bits per heavy atom. The first-order chi connectivity index (χ1) is 14.5. The number of benzene rings is 1. The predicted octanol–water partition coefficient (Wildman–Crippen LogP) is 3.62. The summed E-state index contributed by atoms with van der Waals surface area (Å²) in [7, 11) is 1.72. The second kappa shape index (κ2) is 9.27. The molecule has 1 amide bonds. The van der Waals surface area contributed by atoms with Gasteiger partial charge in [-0.15, -0.1) is 0 Å².